The largest absolute Gasteiger partial charge is 0.348 e. The molecule has 0 heterocycles. The van der Waals surface area contributed by atoms with Crippen LogP contribution in [0.1, 0.15) is 38.1 Å². The molecule has 0 saturated heterocycles. The third-order valence-corrected chi connectivity index (χ3v) is 5.65. The Morgan fingerprint density at radius 2 is 1.71 bits per heavy atom. The molecule has 0 radical (unpaired) electrons. The predicted molar refractivity (Wildman–Crippen MR) is 76.6 cm³/mol. The first kappa shape index (κ1) is 15.9. The summed E-state index contributed by atoms with van der Waals surface area (Å²) in [5.41, 5.74) is -0.199. The Morgan fingerprint density at radius 3 is 2.14 bits per heavy atom. The molecular weight excluding hydrogens is 295 g/mol. The third-order valence-electron chi connectivity index (χ3n) is 4.76. The Labute approximate surface area is 123 Å². The number of sulfonamides is 1. The van der Waals surface area contributed by atoms with Crippen molar-refractivity contribution in [2.24, 2.45) is 16.0 Å². The van der Waals surface area contributed by atoms with Crippen LogP contribution in [0.3, 0.4) is 0 Å². The lowest BCUT2D eigenvalue weighted by atomic mass is 10.0. The molecule has 116 valence electrons. The molecule has 0 aliphatic heterocycles. The van der Waals surface area contributed by atoms with Gasteiger partial charge in [0, 0.05) is 11.6 Å². The average Bonchev–Trinajstić information content (AvgIpc) is 2.69. The van der Waals surface area contributed by atoms with E-state index in [0.29, 0.717) is 0 Å². The van der Waals surface area contributed by atoms with Gasteiger partial charge in [0.15, 0.2) is 0 Å². The minimum Gasteiger partial charge on any atom is -0.348 e. The number of amides is 1. The van der Waals surface area contributed by atoms with Gasteiger partial charge < -0.3 is 5.32 Å². The quantitative estimate of drug-likeness (QED) is 0.888. The zero-order chi connectivity index (χ0) is 16.2. The molecule has 1 amide bonds. The van der Waals surface area contributed by atoms with Crippen LogP contribution in [0.5, 0.6) is 0 Å². The van der Waals surface area contributed by atoms with Gasteiger partial charge in [-0.3, -0.25) is 4.79 Å². The fourth-order valence-corrected chi connectivity index (χ4v) is 3.20. The van der Waals surface area contributed by atoms with Crippen LogP contribution >= 0.6 is 0 Å². The van der Waals surface area contributed by atoms with Crippen molar-refractivity contribution in [3.8, 4) is 0 Å². The van der Waals surface area contributed by atoms with Gasteiger partial charge in [-0.15, -0.1) is 0 Å². The summed E-state index contributed by atoms with van der Waals surface area (Å²) in [5.74, 6) is -1.33. The molecule has 1 aromatic rings. The summed E-state index contributed by atoms with van der Waals surface area (Å²) in [6.07, 6.45) is 0. The molecule has 1 aliphatic rings. The maximum absolute atomic E-state index is 13.5. The molecule has 2 rings (SSSR count). The Bertz CT molecular complexity index is 697. The number of nitrogens with one attached hydrogen (secondary N) is 1. The zero-order valence-corrected chi connectivity index (χ0v) is 13.2. The smallest absolute Gasteiger partial charge is 0.251 e. The van der Waals surface area contributed by atoms with Crippen molar-refractivity contribution in [1.29, 1.82) is 0 Å². The lowest BCUT2D eigenvalue weighted by molar-refractivity contribution is 0.0943. The Kier molecular flexibility index (Phi) is 3.42. The second-order valence-electron chi connectivity index (χ2n) is 6.57. The fraction of sp³-hybridized carbons (Fsp3) is 0.500. The number of rotatable bonds is 3. The highest BCUT2D eigenvalue weighted by Gasteiger charge is 2.65. The standard InChI is InChI=1S/C14H19FN2O3S/c1-13(2)12(14(13,3)4)17-11(18)8-5-9(15)7-10(6-8)21(16,19)20/h5-7,12H,1-4H3,(H,17,18)(H2,16,19,20). The summed E-state index contributed by atoms with van der Waals surface area (Å²) in [6.45, 7) is 8.11. The molecule has 21 heavy (non-hydrogen) atoms. The first-order valence-electron chi connectivity index (χ1n) is 6.51. The maximum Gasteiger partial charge on any atom is 0.251 e. The summed E-state index contributed by atoms with van der Waals surface area (Å²) in [4.78, 5) is 11.8. The van der Waals surface area contributed by atoms with Gasteiger partial charge >= 0.3 is 0 Å². The van der Waals surface area contributed by atoms with Gasteiger partial charge in [-0.2, -0.15) is 0 Å². The minimum absolute atomic E-state index is 0.0568. The van der Waals surface area contributed by atoms with E-state index in [2.05, 4.69) is 5.32 Å². The highest BCUT2D eigenvalue weighted by atomic mass is 32.2. The first-order chi connectivity index (χ1) is 9.37. The molecule has 1 aliphatic carbocycles. The highest BCUT2D eigenvalue weighted by Crippen LogP contribution is 2.62. The summed E-state index contributed by atoms with van der Waals surface area (Å²) in [6, 6.07) is 2.80. The summed E-state index contributed by atoms with van der Waals surface area (Å²) < 4.78 is 36.0. The van der Waals surface area contributed by atoms with Crippen LogP contribution in [0.2, 0.25) is 0 Å². The van der Waals surface area contributed by atoms with Crippen LogP contribution in [-0.4, -0.2) is 20.4 Å². The number of hydrogen-bond donors (Lipinski definition) is 2. The predicted octanol–water partition coefficient (Wildman–Crippen LogP) is 1.64. The zero-order valence-electron chi connectivity index (χ0n) is 12.4. The Hall–Kier alpha value is -1.47. The molecule has 1 saturated carbocycles. The monoisotopic (exact) mass is 314 g/mol. The topological polar surface area (TPSA) is 89.3 Å². The second kappa shape index (κ2) is 4.51. The number of benzene rings is 1. The van der Waals surface area contributed by atoms with Crippen LogP contribution in [-0.2, 0) is 10.0 Å². The van der Waals surface area contributed by atoms with Crippen LogP contribution in [0.25, 0.3) is 0 Å². The molecule has 5 nitrogen and oxygen atoms in total. The second-order valence-corrected chi connectivity index (χ2v) is 8.13. The van der Waals surface area contributed by atoms with Crippen LogP contribution in [0, 0.1) is 16.6 Å². The molecule has 0 bridgehead atoms. The molecule has 0 aromatic heterocycles. The minimum atomic E-state index is -4.06. The van der Waals surface area contributed by atoms with E-state index in [9.17, 15) is 17.6 Å². The van der Waals surface area contributed by atoms with Crippen molar-refractivity contribution in [1.82, 2.24) is 5.32 Å². The third kappa shape index (κ3) is 2.67. The SMILES string of the molecule is CC1(C)C(NC(=O)c2cc(F)cc(S(N)(=O)=O)c2)C1(C)C. The van der Waals surface area contributed by atoms with E-state index in [1.165, 1.54) is 0 Å². The van der Waals surface area contributed by atoms with E-state index in [0.717, 1.165) is 18.2 Å². The van der Waals surface area contributed by atoms with Gasteiger partial charge in [-0.1, -0.05) is 27.7 Å². The molecule has 7 heteroatoms. The molecule has 3 N–H and O–H groups in total. The van der Waals surface area contributed by atoms with Crippen LogP contribution in [0.15, 0.2) is 23.1 Å². The van der Waals surface area contributed by atoms with E-state index in [1.807, 2.05) is 27.7 Å². The maximum atomic E-state index is 13.5. The van der Waals surface area contributed by atoms with E-state index < -0.39 is 26.6 Å². The van der Waals surface area contributed by atoms with E-state index in [1.54, 1.807) is 0 Å². The van der Waals surface area contributed by atoms with Crippen LogP contribution < -0.4 is 10.5 Å². The van der Waals surface area contributed by atoms with E-state index >= 15 is 0 Å². The molecule has 0 spiro atoms. The van der Waals surface area contributed by atoms with Crippen molar-refractivity contribution in [3.05, 3.63) is 29.6 Å². The number of halogens is 1. The number of nitrogens with two attached hydrogens (primary N) is 1. The van der Waals surface area contributed by atoms with E-state index in [-0.39, 0.29) is 22.4 Å². The lowest BCUT2D eigenvalue weighted by Gasteiger charge is -2.08. The Morgan fingerprint density at radius 1 is 1.19 bits per heavy atom. The number of carbonyl (C=O) groups excluding carboxylic acids is 1. The average molecular weight is 314 g/mol. The highest BCUT2D eigenvalue weighted by molar-refractivity contribution is 7.89. The summed E-state index contributed by atoms with van der Waals surface area (Å²) in [7, 11) is -4.06. The molecule has 0 unspecified atom stereocenters. The van der Waals surface area contributed by atoms with Crippen molar-refractivity contribution in [2.45, 2.75) is 38.6 Å². The van der Waals surface area contributed by atoms with Gasteiger partial charge in [-0.25, -0.2) is 17.9 Å². The van der Waals surface area contributed by atoms with Crippen molar-refractivity contribution in [3.63, 3.8) is 0 Å². The molecular formula is C14H19FN2O3S. The lowest BCUT2D eigenvalue weighted by Crippen LogP contribution is -2.30. The Balaban J connectivity index is 2.28. The van der Waals surface area contributed by atoms with Gasteiger partial charge in [0.2, 0.25) is 10.0 Å². The van der Waals surface area contributed by atoms with E-state index in [4.69, 9.17) is 5.14 Å². The summed E-state index contributed by atoms with van der Waals surface area (Å²) in [5, 5.41) is 7.78. The normalized spacial score (nSPS) is 20.1. The number of hydrogen-bond acceptors (Lipinski definition) is 3. The number of carbonyl (C=O) groups is 1. The van der Waals surface area contributed by atoms with Gasteiger partial charge in [-0.05, 0) is 29.0 Å². The van der Waals surface area contributed by atoms with Crippen LogP contribution in [0.4, 0.5) is 4.39 Å². The summed E-state index contributed by atoms with van der Waals surface area (Å²) >= 11 is 0. The van der Waals surface area contributed by atoms with Gasteiger partial charge in [0.25, 0.3) is 5.91 Å². The van der Waals surface area contributed by atoms with Crippen molar-refractivity contribution < 1.29 is 17.6 Å². The van der Waals surface area contributed by atoms with Gasteiger partial charge in [0.1, 0.15) is 5.82 Å². The van der Waals surface area contributed by atoms with Gasteiger partial charge in [0.05, 0.1) is 4.90 Å². The van der Waals surface area contributed by atoms with Crippen molar-refractivity contribution >= 4 is 15.9 Å². The molecule has 1 aromatic carbocycles. The molecule has 1 fully saturated rings. The number of primary sulfonamides is 1. The van der Waals surface area contributed by atoms with Crippen molar-refractivity contribution in [2.75, 3.05) is 0 Å². The fourth-order valence-electron chi connectivity index (χ4n) is 2.63. The molecule has 0 atom stereocenters. The first-order valence-corrected chi connectivity index (χ1v) is 8.06.